The fourth-order valence-electron chi connectivity index (χ4n) is 4.68. The Labute approximate surface area is 167 Å². The number of piperazine rings is 1. The van der Waals surface area contributed by atoms with Gasteiger partial charge in [-0.2, -0.15) is 0 Å². The van der Waals surface area contributed by atoms with Gasteiger partial charge < -0.3 is 24.2 Å². The van der Waals surface area contributed by atoms with E-state index in [4.69, 9.17) is 9.47 Å². The molecule has 0 spiro atoms. The minimum atomic E-state index is -0.537. The molecule has 0 aromatic carbocycles. The number of fused-ring (bicyclic) bond motifs is 1. The van der Waals surface area contributed by atoms with E-state index < -0.39 is 11.1 Å². The second kappa shape index (κ2) is 7.44. The number of hydrogen-bond acceptors (Lipinski definition) is 5. The predicted octanol–water partition coefficient (Wildman–Crippen LogP) is 2.47. The van der Waals surface area contributed by atoms with E-state index in [1.54, 1.807) is 4.90 Å². The van der Waals surface area contributed by atoms with Gasteiger partial charge in [-0.25, -0.2) is 9.59 Å². The fourth-order valence-corrected chi connectivity index (χ4v) is 4.68. The number of nitrogens with zero attached hydrogens (tertiary/aromatic N) is 3. The van der Waals surface area contributed by atoms with E-state index in [9.17, 15) is 14.4 Å². The van der Waals surface area contributed by atoms with Gasteiger partial charge in [0, 0.05) is 32.2 Å². The average molecular weight is 396 g/mol. The standard InChI is InChI=1S/C20H33N3O5/c1-19(2,3)28-18(26)21-10-11-23-17(25)22(13-20(23,4)12-21)15-8-6-14(7-9-15)16(24)27-5/h14-15H,6-13H2,1-5H3/t14?,15?,20-/m0/s1. The molecule has 0 unspecified atom stereocenters. The normalized spacial score (nSPS) is 30.9. The van der Waals surface area contributed by atoms with Crippen LogP contribution in [0.3, 0.4) is 0 Å². The number of methoxy groups -OCH3 is 1. The van der Waals surface area contributed by atoms with E-state index in [-0.39, 0.29) is 30.1 Å². The quantitative estimate of drug-likeness (QED) is 0.671. The van der Waals surface area contributed by atoms with Gasteiger partial charge in [0.15, 0.2) is 0 Å². The van der Waals surface area contributed by atoms with Crippen molar-refractivity contribution in [1.82, 2.24) is 14.7 Å². The number of amides is 3. The highest BCUT2D eigenvalue weighted by molar-refractivity contribution is 5.80. The van der Waals surface area contributed by atoms with Crippen LogP contribution in [0, 0.1) is 5.92 Å². The van der Waals surface area contributed by atoms with Gasteiger partial charge in [-0.3, -0.25) is 4.79 Å². The highest BCUT2D eigenvalue weighted by atomic mass is 16.6. The maximum atomic E-state index is 13.0. The SMILES string of the molecule is COC(=O)C1CCC(N2C[C@]3(C)CN(C(=O)OC(C)(C)C)CCN3C2=O)CC1. The zero-order valence-corrected chi connectivity index (χ0v) is 17.7. The van der Waals surface area contributed by atoms with Crippen molar-refractivity contribution in [2.24, 2.45) is 5.92 Å². The van der Waals surface area contributed by atoms with Gasteiger partial charge in [0.2, 0.25) is 0 Å². The molecule has 3 fully saturated rings. The molecule has 1 aliphatic carbocycles. The van der Waals surface area contributed by atoms with E-state index >= 15 is 0 Å². The maximum absolute atomic E-state index is 13.0. The van der Waals surface area contributed by atoms with Crippen molar-refractivity contribution in [1.29, 1.82) is 0 Å². The topological polar surface area (TPSA) is 79.4 Å². The molecule has 3 aliphatic rings. The monoisotopic (exact) mass is 395 g/mol. The van der Waals surface area contributed by atoms with Gasteiger partial charge in [0.05, 0.1) is 18.6 Å². The van der Waals surface area contributed by atoms with Crippen molar-refractivity contribution in [2.75, 3.05) is 33.3 Å². The van der Waals surface area contributed by atoms with Gasteiger partial charge in [-0.15, -0.1) is 0 Å². The minimum absolute atomic E-state index is 0.0489. The van der Waals surface area contributed by atoms with Crippen molar-refractivity contribution in [3.8, 4) is 0 Å². The number of hydrogen-bond donors (Lipinski definition) is 0. The van der Waals surface area contributed by atoms with Gasteiger partial charge in [0.1, 0.15) is 5.60 Å². The molecular weight excluding hydrogens is 362 g/mol. The first-order chi connectivity index (χ1) is 13.0. The third-order valence-electron chi connectivity index (χ3n) is 6.09. The Kier molecular flexibility index (Phi) is 5.51. The Balaban J connectivity index is 1.63. The molecule has 0 N–H and O–H groups in total. The zero-order chi connectivity index (χ0) is 20.7. The summed E-state index contributed by atoms with van der Waals surface area (Å²) in [4.78, 5) is 42.8. The van der Waals surface area contributed by atoms with Crippen LogP contribution >= 0.6 is 0 Å². The molecule has 0 radical (unpaired) electrons. The molecule has 2 saturated heterocycles. The number of rotatable bonds is 2. The molecule has 28 heavy (non-hydrogen) atoms. The smallest absolute Gasteiger partial charge is 0.410 e. The molecule has 0 aromatic rings. The highest BCUT2D eigenvalue weighted by Gasteiger charge is 2.52. The van der Waals surface area contributed by atoms with E-state index in [1.807, 2.05) is 37.5 Å². The van der Waals surface area contributed by atoms with Crippen LogP contribution in [0.15, 0.2) is 0 Å². The predicted molar refractivity (Wildman–Crippen MR) is 103 cm³/mol. The van der Waals surface area contributed by atoms with Crippen LogP contribution in [0.25, 0.3) is 0 Å². The summed E-state index contributed by atoms with van der Waals surface area (Å²) in [6.45, 7) is 9.68. The average Bonchev–Trinajstić information content (AvgIpc) is 2.90. The molecule has 0 bridgehead atoms. The Hall–Kier alpha value is -1.99. The number of carbonyl (C=O) groups excluding carboxylic acids is 3. The second-order valence-corrected chi connectivity index (χ2v) is 9.49. The molecule has 8 heteroatoms. The molecule has 1 atom stereocenters. The summed E-state index contributed by atoms with van der Waals surface area (Å²) in [5, 5.41) is 0. The second-order valence-electron chi connectivity index (χ2n) is 9.49. The van der Waals surface area contributed by atoms with E-state index in [2.05, 4.69) is 0 Å². The summed E-state index contributed by atoms with van der Waals surface area (Å²) in [6, 6.07) is 0.193. The van der Waals surface area contributed by atoms with Crippen molar-refractivity contribution in [3.05, 3.63) is 0 Å². The molecule has 1 saturated carbocycles. The van der Waals surface area contributed by atoms with Crippen LogP contribution in [-0.4, -0.2) is 83.3 Å². The van der Waals surface area contributed by atoms with Gasteiger partial charge >= 0.3 is 18.1 Å². The molecule has 3 amide bonds. The van der Waals surface area contributed by atoms with Gasteiger partial charge in [-0.05, 0) is 53.4 Å². The summed E-state index contributed by atoms with van der Waals surface area (Å²) in [6.07, 6.45) is 2.80. The van der Waals surface area contributed by atoms with E-state index in [0.29, 0.717) is 26.2 Å². The van der Waals surface area contributed by atoms with Crippen molar-refractivity contribution in [3.63, 3.8) is 0 Å². The van der Waals surface area contributed by atoms with Gasteiger partial charge in [0.25, 0.3) is 0 Å². The lowest BCUT2D eigenvalue weighted by Crippen LogP contribution is -2.61. The summed E-state index contributed by atoms with van der Waals surface area (Å²) < 4.78 is 10.4. The largest absolute Gasteiger partial charge is 0.469 e. The lowest BCUT2D eigenvalue weighted by Gasteiger charge is -2.43. The van der Waals surface area contributed by atoms with E-state index in [1.165, 1.54) is 7.11 Å². The molecule has 2 aliphatic heterocycles. The van der Waals surface area contributed by atoms with Crippen LogP contribution < -0.4 is 0 Å². The van der Waals surface area contributed by atoms with Crippen molar-refractivity contribution < 1.29 is 23.9 Å². The van der Waals surface area contributed by atoms with Gasteiger partial charge in [-0.1, -0.05) is 0 Å². The Morgan fingerprint density at radius 1 is 1.07 bits per heavy atom. The molecule has 158 valence electrons. The first kappa shape index (κ1) is 20.7. The fraction of sp³-hybridized carbons (Fsp3) is 0.850. The maximum Gasteiger partial charge on any atom is 0.410 e. The minimum Gasteiger partial charge on any atom is -0.469 e. The number of ether oxygens (including phenoxy) is 2. The van der Waals surface area contributed by atoms with Crippen LogP contribution in [0.2, 0.25) is 0 Å². The third-order valence-corrected chi connectivity index (χ3v) is 6.09. The van der Waals surface area contributed by atoms with Crippen LogP contribution in [0.4, 0.5) is 9.59 Å². The number of carbonyl (C=O) groups is 3. The molecule has 2 heterocycles. The summed E-state index contributed by atoms with van der Waals surface area (Å²) >= 11 is 0. The molecule has 3 rings (SSSR count). The first-order valence-electron chi connectivity index (χ1n) is 10.2. The third kappa shape index (κ3) is 4.05. The molecule has 8 nitrogen and oxygen atoms in total. The summed E-state index contributed by atoms with van der Waals surface area (Å²) in [5.41, 5.74) is -0.948. The van der Waals surface area contributed by atoms with E-state index in [0.717, 1.165) is 25.7 Å². The summed E-state index contributed by atoms with van der Waals surface area (Å²) in [7, 11) is 1.42. The first-order valence-corrected chi connectivity index (χ1v) is 10.2. The number of urea groups is 1. The van der Waals surface area contributed by atoms with Crippen molar-refractivity contribution >= 4 is 18.1 Å². The van der Waals surface area contributed by atoms with Crippen LogP contribution in [0.5, 0.6) is 0 Å². The zero-order valence-electron chi connectivity index (χ0n) is 17.7. The lowest BCUT2D eigenvalue weighted by molar-refractivity contribution is -0.146. The van der Waals surface area contributed by atoms with Crippen molar-refractivity contribution in [2.45, 2.75) is 70.6 Å². The van der Waals surface area contributed by atoms with Crippen LogP contribution in [0.1, 0.15) is 53.4 Å². The number of esters is 1. The highest BCUT2D eigenvalue weighted by Crippen LogP contribution is 2.36. The lowest BCUT2D eigenvalue weighted by atomic mass is 9.85. The van der Waals surface area contributed by atoms with Crippen LogP contribution in [-0.2, 0) is 14.3 Å². The molecule has 0 aromatic heterocycles. The Morgan fingerprint density at radius 3 is 2.29 bits per heavy atom. The summed E-state index contributed by atoms with van der Waals surface area (Å²) in [5.74, 6) is -0.205. The Morgan fingerprint density at radius 2 is 1.71 bits per heavy atom. The Bertz CT molecular complexity index is 638. The molecular formula is C20H33N3O5.